The number of hydrogen-bond acceptors (Lipinski definition) is 3. The van der Waals surface area contributed by atoms with Crippen LogP contribution in [0.25, 0.3) is 0 Å². The van der Waals surface area contributed by atoms with Gasteiger partial charge >= 0.3 is 0 Å². The fourth-order valence-electron chi connectivity index (χ4n) is 1.42. The molecule has 0 fully saturated rings. The first-order valence-electron chi connectivity index (χ1n) is 5.22. The fourth-order valence-corrected chi connectivity index (χ4v) is 1.42. The molecule has 0 bridgehead atoms. The molecule has 0 spiro atoms. The summed E-state index contributed by atoms with van der Waals surface area (Å²) in [4.78, 5) is 8.37. The van der Waals surface area contributed by atoms with E-state index < -0.39 is 0 Å². The monoisotopic (exact) mass is 194 g/mol. The zero-order valence-electron chi connectivity index (χ0n) is 8.99. The highest BCUT2D eigenvalue weighted by Gasteiger charge is 2.03. The molecule has 1 aromatic heterocycles. The Labute approximate surface area is 85.5 Å². The Kier molecular flexibility index (Phi) is 4.97. The third kappa shape index (κ3) is 3.32. The van der Waals surface area contributed by atoms with E-state index in [1.165, 1.54) is 25.7 Å². The first-order valence-corrected chi connectivity index (χ1v) is 5.22. The summed E-state index contributed by atoms with van der Waals surface area (Å²) in [5, 5.41) is 0. The molecule has 0 saturated heterocycles. The van der Waals surface area contributed by atoms with E-state index in [9.17, 15) is 0 Å². The van der Waals surface area contributed by atoms with Crippen LogP contribution >= 0.6 is 0 Å². The van der Waals surface area contributed by atoms with Crippen LogP contribution in [0.1, 0.15) is 38.3 Å². The number of methoxy groups -OCH3 is 1. The second-order valence-corrected chi connectivity index (χ2v) is 3.32. The van der Waals surface area contributed by atoms with Crippen LogP contribution < -0.4 is 4.74 Å². The van der Waals surface area contributed by atoms with Gasteiger partial charge in [0.15, 0.2) is 0 Å². The molecule has 78 valence electrons. The van der Waals surface area contributed by atoms with Crippen molar-refractivity contribution in [1.82, 2.24) is 9.97 Å². The Morgan fingerprint density at radius 2 is 1.93 bits per heavy atom. The lowest BCUT2D eigenvalue weighted by Crippen LogP contribution is -1.97. The average molecular weight is 194 g/mol. The van der Waals surface area contributed by atoms with Crippen LogP contribution in [0.5, 0.6) is 5.88 Å². The normalized spacial score (nSPS) is 10.1. The minimum atomic E-state index is 0.670. The lowest BCUT2D eigenvalue weighted by atomic mass is 10.1. The topological polar surface area (TPSA) is 35.0 Å². The average Bonchev–Trinajstić information content (AvgIpc) is 2.25. The van der Waals surface area contributed by atoms with Gasteiger partial charge in [-0.25, -0.2) is 4.98 Å². The first kappa shape index (κ1) is 11.0. The quantitative estimate of drug-likeness (QED) is 0.653. The van der Waals surface area contributed by atoms with E-state index in [1.54, 1.807) is 19.5 Å². The Morgan fingerprint density at radius 3 is 2.64 bits per heavy atom. The third-order valence-corrected chi connectivity index (χ3v) is 2.20. The number of nitrogens with zero attached hydrogens (tertiary/aromatic N) is 2. The van der Waals surface area contributed by atoms with Gasteiger partial charge in [0.25, 0.3) is 0 Å². The van der Waals surface area contributed by atoms with E-state index in [-0.39, 0.29) is 0 Å². The zero-order valence-corrected chi connectivity index (χ0v) is 8.99. The molecule has 0 unspecified atom stereocenters. The summed E-state index contributed by atoms with van der Waals surface area (Å²) in [6.45, 7) is 2.21. The number of unbranched alkanes of at least 4 members (excludes halogenated alkanes) is 3. The Hall–Kier alpha value is -1.12. The van der Waals surface area contributed by atoms with Crippen molar-refractivity contribution in [2.75, 3.05) is 7.11 Å². The van der Waals surface area contributed by atoms with Crippen molar-refractivity contribution in [2.24, 2.45) is 0 Å². The Bertz CT molecular complexity index is 263. The third-order valence-electron chi connectivity index (χ3n) is 2.20. The molecule has 0 amide bonds. The van der Waals surface area contributed by atoms with Crippen LogP contribution in [0, 0.1) is 0 Å². The van der Waals surface area contributed by atoms with Gasteiger partial charge in [-0.05, 0) is 12.8 Å². The van der Waals surface area contributed by atoms with Crippen molar-refractivity contribution in [3.8, 4) is 5.88 Å². The summed E-state index contributed by atoms with van der Waals surface area (Å²) in [5.41, 5.74) is 0.978. The van der Waals surface area contributed by atoms with Crippen LogP contribution in [0.3, 0.4) is 0 Å². The second-order valence-electron chi connectivity index (χ2n) is 3.32. The first-order chi connectivity index (χ1) is 6.88. The van der Waals surface area contributed by atoms with Gasteiger partial charge in [0.2, 0.25) is 5.88 Å². The van der Waals surface area contributed by atoms with Crippen LogP contribution in [0.15, 0.2) is 12.4 Å². The highest BCUT2D eigenvalue weighted by molar-refractivity contribution is 5.16. The van der Waals surface area contributed by atoms with E-state index in [2.05, 4.69) is 16.9 Å². The van der Waals surface area contributed by atoms with Gasteiger partial charge in [-0.1, -0.05) is 26.2 Å². The number of rotatable bonds is 6. The summed E-state index contributed by atoms with van der Waals surface area (Å²) in [7, 11) is 1.64. The molecular weight excluding hydrogens is 176 g/mol. The van der Waals surface area contributed by atoms with Crippen LogP contribution in [-0.4, -0.2) is 17.1 Å². The van der Waals surface area contributed by atoms with Crippen molar-refractivity contribution < 1.29 is 4.74 Å². The Balaban J connectivity index is 2.41. The van der Waals surface area contributed by atoms with Crippen LogP contribution in [0.2, 0.25) is 0 Å². The molecule has 3 heteroatoms. The molecule has 1 heterocycles. The summed E-state index contributed by atoms with van der Waals surface area (Å²) >= 11 is 0. The van der Waals surface area contributed by atoms with E-state index in [0.29, 0.717) is 5.88 Å². The standard InChI is InChI=1S/C11H18N2O/c1-3-4-5-6-7-10-11(14-2)13-9-8-12-10/h8-9H,3-7H2,1-2H3. The van der Waals surface area contributed by atoms with Gasteiger partial charge in [-0.3, -0.25) is 4.98 Å². The van der Waals surface area contributed by atoms with Gasteiger partial charge in [0.05, 0.1) is 7.11 Å². The maximum Gasteiger partial charge on any atom is 0.235 e. The molecule has 0 radical (unpaired) electrons. The van der Waals surface area contributed by atoms with Crippen molar-refractivity contribution in [3.63, 3.8) is 0 Å². The number of ether oxygens (including phenoxy) is 1. The molecule has 1 aromatic rings. The molecule has 1 rings (SSSR count). The molecule has 0 aliphatic heterocycles. The summed E-state index contributed by atoms with van der Waals surface area (Å²) < 4.78 is 5.13. The van der Waals surface area contributed by atoms with E-state index in [4.69, 9.17) is 4.74 Å². The smallest absolute Gasteiger partial charge is 0.235 e. The molecular formula is C11H18N2O. The molecule has 14 heavy (non-hydrogen) atoms. The largest absolute Gasteiger partial charge is 0.480 e. The van der Waals surface area contributed by atoms with Gasteiger partial charge in [0.1, 0.15) is 5.69 Å². The zero-order chi connectivity index (χ0) is 10.2. The maximum absolute atomic E-state index is 5.13. The van der Waals surface area contributed by atoms with E-state index >= 15 is 0 Å². The van der Waals surface area contributed by atoms with Crippen LogP contribution in [0.4, 0.5) is 0 Å². The predicted molar refractivity (Wildman–Crippen MR) is 56.4 cm³/mol. The molecule has 0 aliphatic rings. The summed E-state index contributed by atoms with van der Waals surface area (Å²) in [6.07, 6.45) is 9.34. The molecule has 3 nitrogen and oxygen atoms in total. The lowest BCUT2D eigenvalue weighted by molar-refractivity contribution is 0.388. The van der Waals surface area contributed by atoms with Gasteiger partial charge in [-0.15, -0.1) is 0 Å². The maximum atomic E-state index is 5.13. The molecule has 0 aliphatic carbocycles. The van der Waals surface area contributed by atoms with Crippen molar-refractivity contribution in [1.29, 1.82) is 0 Å². The van der Waals surface area contributed by atoms with Gasteiger partial charge < -0.3 is 4.74 Å². The lowest BCUT2D eigenvalue weighted by Gasteiger charge is -2.04. The van der Waals surface area contributed by atoms with Crippen molar-refractivity contribution in [2.45, 2.75) is 39.0 Å². The molecule has 0 saturated carbocycles. The minimum Gasteiger partial charge on any atom is -0.480 e. The van der Waals surface area contributed by atoms with Crippen molar-refractivity contribution in [3.05, 3.63) is 18.1 Å². The minimum absolute atomic E-state index is 0.670. The highest BCUT2D eigenvalue weighted by atomic mass is 16.5. The number of aromatic nitrogens is 2. The van der Waals surface area contributed by atoms with Crippen molar-refractivity contribution >= 4 is 0 Å². The SMILES string of the molecule is CCCCCCc1nccnc1OC. The predicted octanol–water partition coefficient (Wildman–Crippen LogP) is 2.61. The highest BCUT2D eigenvalue weighted by Crippen LogP contribution is 2.14. The van der Waals surface area contributed by atoms with Gasteiger partial charge in [0, 0.05) is 12.4 Å². The Morgan fingerprint density at radius 1 is 1.14 bits per heavy atom. The molecule has 0 N–H and O–H groups in total. The number of hydrogen-bond donors (Lipinski definition) is 0. The fraction of sp³-hybridized carbons (Fsp3) is 0.636. The van der Waals surface area contributed by atoms with Gasteiger partial charge in [-0.2, -0.15) is 0 Å². The summed E-state index contributed by atoms with van der Waals surface area (Å²) in [5.74, 6) is 0.670. The number of aryl methyl sites for hydroxylation is 1. The molecule has 0 aromatic carbocycles. The van der Waals surface area contributed by atoms with Crippen LogP contribution in [-0.2, 0) is 6.42 Å². The second kappa shape index (κ2) is 6.35. The van der Waals surface area contributed by atoms with E-state index in [1.807, 2.05) is 0 Å². The summed E-state index contributed by atoms with van der Waals surface area (Å²) in [6, 6.07) is 0. The molecule has 0 atom stereocenters. The van der Waals surface area contributed by atoms with E-state index in [0.717, 1.165) is 12.1 Å².